The maximum atomic E-state index is 13.3. The minimum absolute atomic E-state index is 0.141. The SMILES string of the molecule is NCC1(C(=O)c2ccccc2F)CC1. The van der Waals surface area contributed by atoms with Crippen LogP contribution in [-0.4, -0.2) is 12.3 Å². The van der Waals surface area contributed by atoms with Crippen LogP contribution in [0, 0.1) is 11.2 Å². The first-order valence-electron chi connectivity index (χ1n) is 4.69. The van der Waals surface area contributed by atoms with Gasteiger partial charge in [0, 0.05) is 12.0 Å². The summed E-state index contributed by atoms with van der Waals surface area (Å²) >= 11 is 0. The molecule has 74 valence electrons. The summed E-state index contributed by atoms with van der Waals surface area (Å²) in [6.45, 7) is 0.320. The van der Waals surface area contributed by atoms with Crippen LogP contribution in [0.1, 0.15) is 23.2 Å². The maximum absolute atomic E-state index is 13.3. The van der Waals surface area contributed by atoms with Gasteiger partial charge in [0.2, 0.25) is 0 Å². The molecule has 0 unspecified atom stereocenters. The van der Waals surface area contributed by atoms with Crippen molar-refractivity contribution in [2.24, 2.45) is 11.1 Å². The van der Waals surface area contributed by atoms with Crippen LogP contribution in [0.25, 0.3) is 0 Å². The predicted molar refractivity (Wildman–Crippen MR) is 51.5 cm³/mol. The lowest BCUT2D eigenvalue weighted by Crippen LogP contribution is -2.26. The zero-order chi connectivity index (χ0) is 10.2. The van der Waals surface area contributed by atoms with Crippen molar-refractivity contribution in [3.05, 3.63) is 35.6 Å². The lowest BCUT2D eigenvalue weighted by Gasteiger charge is -2.10. The number of carbonyl (C=O) groups is 1. The summed E-state index contributed by atoms with van der Waals surface area (Å²) < 4.78 is 13.3. The van der Waals surface area contributed by atoms with Crippen LogP contribution in [0.4, 0.5) is 4.39 Å². The molecule has 0 amide bonds. The van der Waals surface area contributed by atoms with Crippen molar-refractivity contribution in [3.8, 4) is 0 Å². The van der Waals surface area contributed by atoms with Gasteiger partial charge in [0.1, 0.15) is 5.82 Å². The standard InChI is InChI=1S/C11H12FNO/c12-9-4-2-1-3-8(9)10(14)11(7-13)5-6-11/h1-4H,5-7,13H2. The Morgan fingerprint density at radius 1 is 1.43 bits per heavy atom. The van der Waals surface area contributed by atoms with Crippen LogP contribution in [0.2, 0.25) is 0 Å². The first-order valence-corrected chi connectivity index (χ1v) is 4.69. The molecule has 3 heteroatoms. The predicted octanol–water partition coefficient (Wildman–Crippen LogP) is 1.75. The number of hydrogen-bond acceptors (Lipinski definition) is 2. The number of ketones is 1. The Labute approximate surface area is 81.9 Å². The Kier molecular flexibility index (Phi) is 2.11. The Bertz CT molecular complexity index is 371. The van der Waals surface area contributed by atoms with E-state index in [-0.39, 0.29) is 11.3 Å². The molecule has 1 aromatic rings. The Morgan fingerprint density at radius 2 is 2.07 bits per heavy atom. The van der Waals surface area contributed by atoms with E-state index in [1.54, 1.807) is 12.1 Å². The van der Waals surface area contributed by atoms with E-state index in [2.05, 4.69) is 0 Å². The van der Waals surface area contributed by atoms with Crippen LogP contribution in [0.3, 0.4) is 0 Å². The largest absolute Gasteiger partial charge is 0.329 e. The second kappa shape index (κ2) is 3.17. The maximum Gasteiger partial charge on any atom is 0.173 e. The van der Waals surface area contributed by atoms with E-state index in [1.165, 1.54) is 12.1 Å². The number of Topliss-reactive ketones (excluding diaryl/α,β-unsaturated/α-hetero) is 1. The monoisotopic (exact) mass is 193 g/mol. The molecule has 0 atom stereocenters. The van der Waals surface area contributed by atoms with E-state index >= 15 is 0 Å². The number of benzene rings is 1. The highest BCUT2D eigenvalue weighted by atomic mass is 19.1. The molecule has 0 heterocycles. The summed E-state index contributed by atoms with van der Waals surface area (Å²) in [5.41, 5.74) is 5.23. The molecule has 1 saturated carbocycles. The molecule has 0 saturated heterocycles. The van der Waals surface area contributed by atoms with Crippen LogP contribution >= 0.6 is 0 Å². The number of rotatable bonds is 3. The molecular weight excluding hydrogens is 181 g/mol. The highest BCUT2D eigenvalue weighted by Gasteiger charge is 2.49. The highest BCUT2D eigenvalue weighted by molar-refractivity contribution is 6.02. The van der Waals surface area contributed by atoms with Crippen LogP contribution < -0.4 is 5.73 Å². The normalized spacial score (nSPS) is 17.9. The lowest BCUT2D eigenvalue weighted by molar-refractivity contribution is 0.0901. The summed E-state index contributed by atoms with van der Waals surface area (Å²) in [5.74, 6) is -0.588. The fourth-order valence-corrected chi connectivity index (χ4v) is 1.61. The molecule has 14 heavy (non-hydrogen) atoms. The Balaban J connectivity index is 2.32. The average Bonchev–Trinajstić information content (AvgIpc) is 2.98. The van der Waals surface area contributed by atoms with Crippen LogP contribution in [-0.2, 0) is 0 Å². The first-order chi connectivity index (χ1) is 6.69. The Morgan fingerprint density at radius 3 is 2.57 bits per heavy atom. The second-order valence-corrected chi connectivity index (χ2v) is 3.79. The van der Waals surface area contributed by atoms with E-state index < -0.39 is 11.2 Å². The molecule has 1 aliphatic rings. The summed E-state index contributed by atoms with van der Waals surface area (Å²) in [5, 5.41) is 0. The van der Waals surface area contributed by atoms with Gasteiger partial charge in [-0.1, -0.05) is 12.1 Å². The van der Waals surface area contributed by atoms with Gasteiger partial charge in [-0.3, -0.25) is 4.79 Å². The van der Waals surface area contributed by atoms with Gasteiger partial charge in [0.15, 0.2) is 5.78 Å². The molecule has 0 aliphatic heterocycles. The van der Waals surface area contributed by atoms with Crippen molar-refractivity contribution >= 4 is 5.78 Å². The average molecular weight is 193 g/mol. The minimum atomic E-state index is -0.456. The molecule has 2 nitrogen and oxygen atoms in total. The summed E-state index contributed by atoms with van der Waals surface area (Å²) in [6, 6.07) is 6.07. The van der Waals surface area contributed by atoms with E-state index in [0.717, 1.165) is 12.8 Å². The molecule has 1 aromatic carbocycles. The highest BCUT2D eigenvalue weighted by Crippen LogP contribution is 2.47. The number of carbonyl (C=O) groups excluding carboxylic acids is 1. The number of hydrogen-bond donors (Lipinski definition) is 1. The molecule has 1 aliphatic carbocycles. The van der Waals surface area contributed by atoms with E-state index in [1.807, 2.05) is 0 Å². The summed E-state index contributed by atoms with van der Waals surface area (Å²) in [4.78, 5) is 11.9. The fraction of sp³-hybridized carbons (Fsp3) is 0.364. The molecule has 0 spiro atoms. The quantitative estimate of drug-likeness (QED) is 0.743. The van der Waals surface area contributed by atoms with Gasteiger partial charge in [0.05, 0.1) is 5.56 Å². The van der Waals surface area contributed by atoms with Gasteiger partial charge in [-0.15, -0.1) is 0 Å². The summed E-state index contributed by atoms with van der Waals surface area (Å²) in [6.07, 6.45) is 1.58. The zero-order valence-corrected chi connectivity index (χ0v) is 7.79. The Hall–Kier alpha value is -1.22. The molecular formula is C11H12FNO. The van der Waals surface area contributed by atoms with Gasteiger partial charge < -0.3 is 5.73 Å². The number of halogens is 1. The minimum Gasteiger partial charge on any atom is -0.329 e. The smallest absolute Gasteiger partial charge is 0.173 e. The topological polar surface area (TPSA) is 43.1 Å². The van der Waals surface area contributed by atoms with E-state index in [0.29, 0.717) is 6.54 Å². The zero-order valence-electron chi connectivity index (χ0n) is 7.79. The molecule has 0 bridgehead atoms. The van der Waals surface area contributed by atoms with Crippen molar-refractivity contribution in [3.63, 3.8) is 0 Å². The summed E-state index contributed by atoms with van der Waals surface area (Å²) in [7, 11) is 0. The van der Waals surface area contributed by atoms with Crippen molar-refractivity contribution < 1.29 is 9.18 Å². The van der Waals surface area contributed by atoms with Crippen molar-refractivity contribution in [1.29, 1.82) is 0 Å². The van der Waals surface area contributed by atoms with Gasteiger partial charge in [0.25, 0.3) is 0 Å². The third-order valence-electron chi connectivity index (χ3n) is 2.84. The van der Waals surface area contributed by atoms with E-state index in [9.17, 15) is 9.18 Å². The molecule has 0 aromatic heterocycles. The molecule has 1 fully saturated rings. The van der Waals surface area contributed by atoms with Crippen molar-refractivity contribution in [2.75, 3.05) is 6.54 Å². The van der Waals surface area contributed by atoms with Gasteiger partial charge in [-0.05, 0) is 25.0 Å². The lowest BCUT2D eigenvalue weighted by atomic mass is 9.94. The third-order valence-corrected chi connectivity index (χ3v) is 2.84. The van der Waals surface area contributed by atoms with Crippen molar-refractivity contribution in [2.45, 2.75) is 12.8 Å². The van der Waals surface area contributed by atoms with Gasteiger partial charge in [-0.2, -0.15) is 0 Å². The van der Waals surface area contributed by atoms with E-state index in [4.69, 9.17) is 5.73 Å². The second-order valence-electron chi connectivity index (χ2n) is 3.79. The van der Waals surface area contributed by atoms with Crippen LogP contribution in [0.15, 0.2) is 24.3 Å². The third kappa shape index (κ3) is 1.34. The van der Waals surface area contributed by atoms with Gasteiger partial charge in [-0.25, -0.2) is 4.39 Å². The van der Waals surface area contributed by atoms with Crippen LogP contribution in [0.5, 0.6) is 0 Å². The molecule has 0 radical (unpaired) electrons. The van der Waals surface area contributed by atoms with Gasteiger partial charge >= 0.3 is 0 Å². The number of nitrogens with two attached hydrogens (primary N) is 1. The molecule has 2 N–H and O–H groups in total. The molecule has 2 rings (SSSR count). The first kappa shape index (κ1) is 9.34. The fourth-order valence-electron chi connectivity index (χ4n) is 1.61. The van der Waals surface area contributed by atoms with Crippen molar-refractivity contribution in [1.82, 2.24) is 0 Å².